The third-order valence-corrected chi connectivity index (χ3v) is 2.15. The Kier molecular flexibility index (Phi) is 5.17. The number of hydrogen-bond acceptors (Lipinski definition) is 6. The van der Waals surface area contributed by atoms with Gasteiger partial charge in [-0.3, -0.25) is 10.1 Å². The van der Waals surface area contributed by atoms with E-state index < -0.39 is 46.4 Å². The van der Waals surface area contributed by atoms with Crippen molar-refractivity contribution in [3.8, 4) is 5.75 Å². The number of hydrogen-bond donors (Lipinski definition) is 0. The maximum Gasteiger partial charge on any atom is 0.573 e. The maximum absolute atomic E-state index is 13.0. The van der Waals surface area contributed by atoms with Crippen LogP contribution in [0.25, 0.3) is 0 Å². The van der Waals surface area contributed by atoms with E-state index in [0.717, 1.165) is 0 Å². The van der Waals surface area contributed by atoms with Gasteiger partial charge in [-0.2, -0.15) is 0 Å². The van der Waals surface area contributed by atoms with E-state index in [1.165, 1.54) is 6.92 Å². The van der Waals surface area contributed by atoms with E-state index >= 15 is 0 Å². The van der Waals surface area contributed by atoms with Crippen LogP contribution in [-0.4, -0.2) is 28.8 Å². The fourth-order valence-corrected chi connectivity index (χ4v) is 1.46. The molecule has 22 heavy (non-hydrogen) atoms. The van der Waals surface area contributed by atoms with E-state index in [0.29, 0.717) is 0 Å². The van der Waals surface area contributed by atoms with Crippen molar-refractivity contribution < 1.29 is 41.1 Å². The van der Waals surface area contributed by atoms with Crippen molar-refractivity contribution >= 4 is 11.7 Å². The van der Waals surface area contributed by atoms with Crippen molar-refractivity contribution in [2.75, 3.05) is 6.61 Å². The highest BCUT2D eigenvalue weighted by atomic mass is 19.4. The van der Waals surface area contributed by atoms with E-state index in [2.05, 4.69) is 14.5 Å². The lowest BCUT2D eigenvalue weighted by molar-refractivity contribution is -0.390. The van der Waals surface area contributed by atoms with Gasteiger partial charge in [-0.05, 0) is 6.92 Å². The fourth-order valence-electron chi connectivity index (χ4n) is 1.46. The van der Waals surface area contributed by atoms with Gasteiger partial charge in [0.2, 0.25) is 5.75 Å². The average Bonchev–Trinajstić information content (AvgIpc) is 2.35. The molecule has 0 aliphatic rings. The van der Waals surface area contributed by atoms with Crippen molar-refractivity contribution in [3.05, 3.63) is 27.6 Å². The highest BCUT2D eigenvalue weighted by Gasteiger charge is 2.40. The minimum absolute atomic E-state index is 0.157. The normalized spacial score (nSPS) is 11.4. The molecule has 0 saturated carbocycles. The average molecular weight is 330 g/mol. The zero-order valence-corrected chi connectivity index (χ0v) is 10.7. The summed E-state index contributed by atoms with van der Waals surface area (Å²) in [7, 11) is 0. The largest absolute Gasteiger partial charge is 0.573 e. The lowest BCUT2D eigenvalue weighted by Gasteiger charge is -2.13. The maximum atomic E-state index is 13.0. The van der Waals surface area contributed by atoms with E-state index in [4.69, 9.17) is 0 Å². The highest BCUT2D eigenvalue weighted by Crippen LogP contribution is 2.40. The van der Waals surface area contributed by atoms with Crippen LogP contribution < -0.4 is 4.74 Å². The monoisotopic (exact) mass is 330 g/mol. The molecule has 0 fully saturated rings. The zero-order chi connectivity index (χ0) is 17.1. The minimum Gasteiger partial charge on any atom is -0.461 e. The standard InChI is InChI=1S/C10H7F5N2O5/c1-2-21-9(18)6-5(8(11)12)7(17(19)20)4(3-16-6)22-10(13,14)15/h3,8H,2H2,1H3. The molecule has 0 bridgehead atoms. The van der Waals surface area contributed by atoms with Crippen molar-refractivity contribution in [1.82, 2.24) is 4.98 Å². The number of nitro groups is 1. The Bertz CT molecular complexity index is 590. The number of rotatable bonds is 5. The SMILES string of the molecule is CCOC(=O)c1ncc(OC(F)(F)F)c([N+](=O)[O-])c1C(F)F. The van der Waals surface area contributed by atoms with Gasteiger partial charge < -0.3 is 9.47 Å². The Morgan fingerprint density at radius 2 is 2.05 bits per heavy atom. The number of esters is 1. The van der Waals surface area contributed by atoms with Gasteiger partial charge in [0.05, 0.1) is 17.7 Å². The summed E-state index contributed by atoms with van der Waals surface area (Å²) in [4.78, 5) is 23.8. The first-order valence-corrected chi connectivity index (χ1v) is 5.46. The molecule has 1 rings (SSSR count). The van der Waals surface area contributed by atoms with Gasteiger partial charge in [0.15, 0.2) is 5.69 Å². The Labute approximate surface area is 118 Å². The predicted molar refractivity (Wildman–Crippen MR) is 58.5 cm³/mol. The van der Waals surface area contributed by atoms with Crippen LogP contribution in [0.1, 0.15) is 29.4 Å². The molecule has 0 unspecified atom stereocenters. The first-order valence-electron chi connectivity index (χ1n) is 5.46. The number of aromatic nitrogens is 1. The smallest absolute Gasteiger partial charge is 0.461 e. The quantitative estimate of drug-likeness (QED) is 0.357. The molecule has 0 saturated heterocycles. The Balaban J connectivity index is 3.56. The van der Waals surface area contributed by atoms with Crippen molar-refractivity contribution in [1.29, 1.82) is 0 Å². The van der Waals surface area contributed by atoms with Gasteiger partial charge in [-0.25, -0.2) is 18.6 Å². The van der Waals surface area contributed by atoms with Crippen LogP contribution in [0.5, 0.6) is 5.75 Å². The summed E-state index contributed by atoms with van der Waals surface area (Å²) in [6.45, 7) is 1.08. The van der Waals surface area contributed by atoms with E-state index in [9.17, 15) is 36.9 Å². The molecule has 122 valence electrons. The van der Waals surface area contributed by atoms with Gasteiger partial charge in [0.25, 0.3) is 6.43 Å². The molecule has 0 N–H and O–H groups in total. The number of carbonyl (C=O) groups excluding carboxylic acids is 1. The van der Waals surface area contributed by atoms with Crippen LogP contribution in [0.3, 0.4) is 0 Å². The van der Waals surface area contributed by atoms with Gasteiger partial charge in [0.1, 0.15) is 5.56 Å². The summed E-state index contributed by atoms with van der Waals surface area (Å²) in [5.41, 5.74) is -4.46. The first kappa shape index (κ1) is 17.5. The number of carbonyl (C=O) groups is 1. The summed E-state index contributed by atoms with van der Waals surface area (Å²) in [6.07, 6.45) is -8.86. The van der Waals surface area contributed by atoms with Gasteiger partial charge in [-0.15, -0.1) is 13.2 Å². The minimum atomic E-state index is -5.36. The van der Waals surface area contributed by atoms with E-state index in [-0.39, 0.29) is 12.8 Å². The summed E-state index contributed by atoms with van der Waals surface area (Å²) >= 11 is 0. The van der Waals surface area contributed by atoms with Crippen LogP contribution in [0.15, 0.2) is 6.20 Å². The molecule has 0 aromatic carbocycles. The molecule has 0 spiro atoms. The Morgan fingerprint density at radius 3 is 2.45 bits per heavy atom. The molecule has 0 radical (unpaired) electrons. The number of alkyl halides is 5. The summed E-state index contributed by atoms with van der Waals surface area (Å²) in [5.74, 6) is -2.99. The molecular formula is C10H7F5N2O5. The third-order valence-electron chi connectivity index (χ3n) is 2.15. The van der Waals surface area contributed by atoms with Crippen LogP contribution in [0.2, 0.25) is 0 Å². The number of nitrogens with zero attached hydrogens (tertiary/aromatic N) is 2. The van der Waals surface area contributed by atoms with Gasteiger partial charge in [0, 0.05) is 0 Å². The number of halogens is 5. The Hall–Kier alpha value is -2.53. The van der Waals surface area contributed by atoms with E-state index in [1.807, 2.05) is 0 Å². The molecule has 7 nitrogen and oxygen atoms in total. The Morgan fingerprint density at radius 1 is 1.45 bits per heavy atom. The summed E-state index contributed by atoms with van der Waals surface area (Å²) in [6, 6.07) is 0. The molecule has 0 atom stereocenters. The van der Waals surface area contributed by atoms with Crippen LogP contribution in [0.4, 0.5) is 27.6 Å². The van der Waals surface area contributed by atoms with Crippen molar-refractivity contribution in [3.63, 3.8) is 0 Å². The fraction of sp³-hybridized carbons (Fsp3) is 0.400. The molecule has 1 heterocycles. The molecule has 0 aliphatic heterocycles. The number of pyridine rings is 1. The highest BCUT2D eigenvalue weighted by molar-refractivity contribution is 5.90. The molecular weight excluding hydrogens is 323 g/mol. The molecule has 0 amide bonds. The topological polar surface area (TPSA) is 91.6 Å². The molecule has 1 aromatic rings. The molecule has 12 heteroatoms. The second kappa shape index (κ2) is 6.49. The van der Waals surface area contributed by atoms with Crippen LogP contribution >= 0.6 is 0 Å². The zero-order valence-electron chi connectivity index (χ0n) is 10.7. The predicted octanol–water partition coefficient (Wildman–Crippen LogP) is 3.00. The molecule has 1 aromatic heterocycles. The van der Waals surface area contributed by atoms with Crippen LogP contribution in [0, 0.1) is 10.1 Å². The van der Waals surface area contributed by atoms with Crippen molar-refractivity contribution in [2.45, 2.75) is 19.7 Å². The summed E-state index contributed by atoms with van der Waals surface area (Å²) in [5, 5.41) is 10.8. The number of ether oxygens (including phenoxy) is 2. The van der Waals surface area contributed by atoms with E-state index in [1.54, 1.807) is 0 Å². The molecule has 0 aliphatic carbocycles. The second-order valence-electron chi connectivity index (χ2n) is 3.56. The van der Waals surface area contributed by atoms with Gasteiger partial charge in [-0.1, -0.05) is 0 Å². The lowest BCUT2D eigenvalue weighted by Crippen LogP contribution is -2.20. The second-order valence-corrected chi connectivity index (χ2v) is 3.56. The summed E-state index contributed by atoms with van der Waals surface area (Å²) < 4.78 is 70.0. The van der Waals surface area contributed by atoms with Crippen molar-refractivity contribution in [2.24, 2.45) is 0 Å². The van der Waals surface area contributed by atoms with Gasteiger partial charge >= 0.3 is 18.0 Å². The third kappa shape index (κ3) is 3.99. The first-order chi connectivity index (χ1) is 10.1. The lowest BCUT2D eigenvalue weighted by atomic mass is 10.1. The van der Waals surface area contributed by atoms with Crippen LogP contribution in [-0.2, 0) is 4.74 Å².